The molecule has 1 aliphatic heterocycles. The monoisotopic (exact) mass is 308 g/mol. The molecule has 0 radical (unpaired) electrons. The molecule has 0 aromatic heterocycles. The molecule has 9 nitrogen and oxygen atoms in total. The van der Waals surface area contributed by atoms with Gasteiger partial charge >= 0.3 is 0 Å². The summed E-state index contributed by atoms with van der Waals surface area (Å²) < 4.78 is 10.5. The van der Waals surface area contributed by atoms with Gasteiger partial charge in [-0.15, -0.1) is 0 Å². The molecule has 9 heteroatoms. The lowest BCUT2D eigenvalue weighted by Crippen LogP contribution is -2.59. The summed E-state index contributed by atoms with van der Waals surface area (Å²) in [4.78, 5) is 10.9. The molecule has 1 amide bonds. The SMILES string of the molecule is NNC(=O)CCCCCO[C@H]1O[C@H](CO)[C@@H](O)[C@H](O)[C@H]1O. The molecule has 1 rings (SSSR count). The first-order chi connectivity index (χ1) is 10.0. The van der Waals surface area contributed by atoms with Crippen molar-refractivity contribution in [2.75, 3.05) is 13.2 Å². The Morgan fingerprint density at radius 2 is 1.86 bits per heavy atom. The number of hydrogen-bond donors (Lipinski definition) is 6. The van der Waals surface area contributed by atoms with Crippen molar-refractivity contribution < 1.29 is 34.7 Å². The quantitative estimate of drug-likeness (QED) is 0.123. The molecule has 0 bridgehead atoms. The van der Waals surface area contributed by atoms with E-state index in [2.05, 4.69) is 0 Å². The van der Waals surface area contributed by atoms with Crippen LogP contribution in [0.25, 0.3) is 0 Å². The number of rotatable bonds is 8. The van der Waals surface area contributed by atoms with Gasteiger partial charge in [0.15, 0.2) is 6.29 Å². The fourth-order valence-electron chi connectivity index (χ4n) is 2.04. The van der Waals surface area contributed by atoms with Crippen molar-refractivity contribution in [1.29, 1.82) is 0 Å². The molecule has 5 atom stereocenters. The Labute approximate surface area is 122 Å². The second kappa shape index (κ2) is 9.26. The van der Waals surface area contributed by atoms with Crippen LogP contribution in [0.2, 0.25) is 0 Å². The lowest BCUT2D eigenvalue weighted by molar-refractivity contribution is -0.301. The zero-order valence-corrected chi connectivity index (χ0v) is 11.7. The van der Waals surface area contributed by atoms with Crippen molar-refractivity contribution in [3.05, 3.63) is 0 Å². The summed E-state index contributed by atoms with van der Waals surface area (Å²) in [6.45, 7) is -0.230. The molecule has 0 aromatic carbocycles. The number of carbonyl (C=O) groups excluding carboxylic acids is 1. The van der Waals surface area contributed by atoms with Crippen LogP contribution in [0.5, 0.6) is 0 Å². The first-order valence-corrected chi connectivity index (χ1v) is 6.92. The number of nitrogens with one attached hydrogen (secondary N) is 1. The van der Waals surface area contributed by atoms with Crippen LogP contribution in [-0.4, -0.2) is 70.3 Å². The van der Waals surface area contributed by atoms with Crippen LogP contribution in [0.3, 0.4) is 0 Å². The molecule has 0 aliphatic carbocycles. The van der Waals surface area contributed by atoms with Gasteiger partial charge in [0.2, 0.25) is 5.91 Å². The average molecular weight is 308 g/mol. The molecular formula is C12H24N2O7. The topological polar surface area (TPSA) is 154 Å². The second-order valence-corrected chi connectivity index (χ2v) is 4.95. The summed E-state index contributed by atoms with van der Waals surface area (Å²) in [5, 5.41) is 37.9. The molecule has 0 unspecified atom stereocenters. The van der Waals surface area contributed by atoms with Gasteiger partial charge in [-0.25, -0.2) is 5.84 Å². The highest BCUT2D eigenvalue weighted by Crippen LogP contribution is 2.22. The number of aliphatic hydroxyl groups excluding tert-OH is 4. The molecule has 1 saturated heterocycles. The van der Waals surface area contributed by atoms with Crippen LogP contribution >= 0.6 is 0 Å². The third-order valence-electron chi connectivity index (χ3n) is 3.34. The van der Waals surface area contributed by atoms with Crippen molar-refractivity contribution >= 4 is 5.91 Å². The largest absolute Gasteiger partial charge is 0.394 e. The Hall–Kier alpha value is -0.810. The number of carbonyl (C=O) groups is 1. The summed E-state index contributed by atoms with van der Waals surface area (Å²) in [5.41, 5.74) is 2.04. The minimum absolute atomic E-state index is 0.232. The minimum Gasteiger partial charge on any atom is -0.394 e. The number of aliphatic hydroxyl groups is 4. The summed E-state index contributed by atoms with van der Waals surface area (Å²) >= 11 is 0. The predicted molar refractivity (Wildman–Crippen MR) is 70.5 cm³/mol. The van der Waals surface area contributed by atoms with E-state index in [1.807, 2.05) is 5.43 Å². The first kappa shape index (κ1) is 18.2. The molecular weight excluding hydrogens is 284 g/mol. The van der Waals surface area contributed by atoms with E-state index in [1.54, 1.807) is 0 Å². The number of hydrogen-bond acceptors (Lipinski definition) is 8. The number of amides is 1. The fourth-order valence-corrected chi connectivity index (χ4v) is 2.04. The maximum atomic E-state index is 10.9. The van der Waals surface area contributed by atoms with E-state index in [4.69, 9.17) is 20.4 Å². The summed E-state index contributed by atoms with van der Waals surface area (Å²) in [5.74, 6) is 4.71. The molecule has 1 fully saturated rings. The van der Waals surface area contributed by atoms with E-state index >= 15 is 0 Å². The number of ether oxygens (including phenoxy) is 2. The van der Waals surface area contributed by atoms with Crippen molar-refractivity contribution in [3.63, 3.8) is 0 Å². The van der Waals surface area contributed by atoms with Crippen molar-refractivity contribution in [2.45, 2.75) is 56.4 Å². The van der Waals surface area contributed by atoms with E-state index < -0.39 is 37.3 Å². The maximum Gasteiger partial charge on any atom is 0.233 e. The standard InChI is InChI=1S/C12H24N2O7/c13-14-8(16)4-2-1-3-5-20-12-11(19)10(18)9(17)7(6-15)21-12/h7,9-12,15,17-19H,1-6,13H2,(H,14,16)/t7-,9-,10+,11-,12+/m1/s1. The lowest BCUT2D eigenvalue weighted by Gasteiger charge is -2.39. The van der Waals surface area contributed by atoms with Gasteiger partial charge in [0.25, 0.3) is 0 Å². The lowest BCUT2D eigenvalue weighted by atomic mass is 9.99. The smallest absolute Gasteiger partial charge is 0.233 e. The number of nitrogens with two attached hydrogens (primary N) is 1. The number of unbranched alkanes of at least 4 members (excludes halogenated alkanes) is 2. The van der Waals surface area contributed by atoms with Crippen LogP contribution in [0.1, 0.15) is 25.7 Å². The van der Waals surface area contributed by atoms with Crippen LogP contribution in [0, 0.1) is 0 Å². The van der Waals surface area contributed by atoms with E-state index in [0.29, 0.717) is 19.3 Å². The van der Waals surface area contributed by atoms with Gasteiger partial charge in [0, 0.05) is 13.0 Å². The van der Waals surface area contributed by atoms with E-state index in [0.717, 1.165) is 6.42 Å². The Morgan fingerprint density at radius 3 is 2.48 bits per heavy atom. The molecule has 21 heavy (non-hydrogen) atoms. The third-order valence-corrected chi connectivity index (χ3v) is 3.34. The van der Waals surface area contributed by atoms with Gasteiger partial charge in [0.1, 0.15) is 24.4 Å². The average Bonchev–Trinajstić information content (AvgIpc) is 2.50. The molecule has 7 N–H and O–H groups in total. The summed E-state index contributed by atoms with van der Waals surface area (Å²) in [6, 6.07) is 0. The van der Waals surface area contributed by atoms with Crippen LogP contribution in [0.15, 0.2) is 0 Å². The van der Waals surface area contributed by atoms with Gasteiger partial charge < -0.3 is 29.9 Å². The summed E-state index contributed by atoms with van der Waals surface area (Å²) in [7, 11) is 0. The van der Waals surface area contributed by atoms with Gasteiger partial charge in [0.05, 0.1) is 6.61 Å². The van der Waals surface area contributed by atoms with Crippen molar-refractivity contribution in [3.8, 4) is 0 Å². The molecule has 0 spiro atoms. The first-order valence-electron chi connectivity index (χ1n) is 6.92. The Balaban J connectivity index is 2.23. The van der Waals surface area contributed by atoms with E-state index in [1.165, 1.54) is 0 Å². The predicted octanol–water partition coefficient (Wildman–Crippen LogP) is -2.65. The van der Waals surface area contributed by atoms with Crippen molar-refractivity contribution in [1.82, 2.24) is 5.43 Å². The molecule has 1 aliphatic rings. The molecule has 0 saturated carbocycles. The highest BCUT2D eigenvalue weighted by atomic mass is 16.7. The number of hydrazine groups is 1. The maximum absolute atomic E-state index is 10.9. The van der Waals surface area contributed by atoms with Gasteiger partial charge in [-0.05, 0) is 12.8 Å². The van der Waals surface area contributed by atoms with E-state index in [9.17, 15) is 20.1 Å². The second-order valence-electron chi connectivity index (χ2n) is 4.95. The van der Waals surface area contributed by atoms with Crippen LogP contribution < -0.4 is 11.3 Å². The molecule has 0 aromatic rings. The van der Waals surface area contributed by atoms with Gasteiger partial charge in [-0.3, -0.25) is 10.2 Å². The van der Waals surface area contributed by atoms with Gasteiger partial charge in [-0.2, -0.15) is 0 Å². The fraction of sp³-hybridized carbons (Fsp3) is 0.917. The zero-order chi connectivity index (χ0) is 15.8. The Bertz CT molecular complexity index is 316. The molecule has 124 valence electrons. The minimum atomic E-state index is -1.44. The van der Waals surface area contributed by atoms with Gasteiger partial charge in [-0.1, -0.05) is 6.42 Å². The zero-order valence-electron chi connectivity index (χ0n) is 11.7. The van der Waals surface area contributed by atoms with Crippen LogP contribution in [-0.2, 0) is 14.3 Å². The highest BCUT2D eigenvalue weighted by Gasteiger charge is 2.43. The van der Waals surface area contributed by atoms with Crippen LogP contribution in [0.4, 0.5) is 0 Å². The normalized spacial score (nSPS) is 32.9. The van der Waals surface area contributed by atoms with E-state index in [-0.39, 0.29) is 12.5 Å². The van der Waals surface area contributed by atoms with Crippen molar-refractivity contribution in [2.24, 2.45) is 5.84 Å². The third kappa shape index (κ3) is 5.47. The Kier molecular flexibility index (Phi) is 8.04. The molecule has 1 heterocycles. The summed E-state index contributed by atoms with van der Waals surface area (Å²) in [6.07, 6.45) is -3.94. The Morgan fingerprint density at radius 1 is 1.14 bits per heavy atom. The highest BCUT2D eigenvalue weighted by molar-refractivity contribution is 5.74.